The topological polar surface area (TPSA) is 46.3 Å². The van der Waals surface area contributed by atoms with Gasteiger partial charge >= 0.3 is 0 Å². The Morgan fingerprint density at radius 3 is 2.93 bits per heavy atom. The maximum atomic E-state index is 11.8. The van der Waals surface area contributed by atoms with E-state index in [0.717, 1.165) is 31.7 Å². The summed E-state index contributed by atoms with van der Waals surface area (Å²) in [6.07, 6.45) is 2.21. The molecule has 0 saturated carbocycles. The van der Waals surface area contributed by atoms with Crippen molar-refractivity contribution in [1.29, 1.82) is 0 Å². The highest BCUT2D eigenvalue weighted by Gasteiger charge is 2.27. The van der Waals surface area contributed by atoms with E-state index < -0.39 is 0 Å². The van der Waals surface area contributed by atoms with E-state index in [1.807, 2.05) is 11.8 Å². The lowest BCUT2D eigenvalue weighted by Gasteiger charge is -2.17. The minimum Gasteiger partial charge on any atom is -0.342 e. The third-order valence-electron chi connectivity index (χ3n) is 2.89. The van der Waals surface area contributed by atoms with Crippen molar-refractivity contribution in [2.45, 2.75) is 32.7 Å². The highest BCUT2D eigenvalue weighted by atomic mass is 32.2. The molecule has 0 aromatic rings. The zero-order valence-corrected chi connectivity index (χ0v) is 10.6. The van der Waals surface area contributed by atoms with E-state index in [2.05, 4.69) is 6.92 Å². The third kappa shape index (κ3) is 4.03. The van der Waals surface area contributed by atoms with Crippen molar-refractivity contribution in [2.75, 3.05) is 24.6 Å². The molecule has 0 aromatic heterocycles. The van der Waals surface area contributed by atoms with Gasteiger partial charge in [-0.25, -0.2) is 0 Å². The number of nitrogens with two attached hydrogens (primary N) is 1. The number of nitrogens with zero attached hydrogens (tertiary/aromatic N) is 1. The van der Waals surface area contributed by atoms with Gasteiger partial charge in [-0.15, -0.1) is 0 Å². The number of amides is 1. The van der Waals surface area contributed by atoms with Crippen LogP contribution in [0.5, 0.6) is 0 Å². The van der Waals surface area contributed by atoms with Crippen LogP contribution in [-0.4, -0.2) is 41.4 Å². The summed E-state index contributed by atoms with van der Waals surface area (Å²) in [7, 11) is 0. The monoisotopic (exact) mass is 230 g/mol. The van der Waals surface area contributed by atoms with Gasteiger partial charge in [0, 0.05) is 19.1 Å². The number of hydrogen-bond acceptors (Lipinski definition) is 3. The van der Waals surface area contributed by atoms with E-state index >= 15 is 0 Å². The minimum atomic E-state index is 0.214. The van der Waals surface area contributed by atoms with E-state index in [4.69, 9.17) is 5.73 Å². The first-order chi connectivity index (χ1) is 7.15. The van der Waals surface area contributed by atoms with Crippen LogP contribution in [0.15, 0.2) is 0 Å². The smallest absolute Gasteiger partial charge is 0.232 e. The summed E-state index contributed by atoms with van der Waals surface area (Å²) in [4.78, 5) is 13.7. The fourth-order valence-electron chi connectivity index (χ4n) is 1.84. The summed E-state index contributed by atoms with van der Waals surface area (Å²) in [6, 6.07) is 0.214. The van der Waals surface area contributed by atoms with Crippen LogP contribution in [0.25, 0.3) is 0 Å². The summed E-state index contributed by atoms with van der Waals surface area (Å²) in [5.41, 5.74) is 5.84. The molecule has 1 heterocycles. The molecule has 0 radical (unpaired) electrons. The molecule has 2 atom stereocenters. The molecule has 88 valence electrons. The van der Waals surface area contributed by atoms with Gasteiger partial charge < -0.3 is 10.6 Å². The summed E-state index contributed by atoms with van der Waals surface area (Å²) in [5, 5.41) is 0. The van der Waals surface area contributed by atoms with Crippen LogP contribution in [0.1, 0.15) is 26.7 Å². The van der Waals surface area contributed by atoms with Crippen molar-refractivity contribution in [3.8, 4) is 0 Å². The molecule has 0 spiro atoms. The van der Waals surface area contributed by atoms with Crippen molar-refractivity contribution in [3.05, 3.63) is 0 Å². The molecule has 1 aliphatic rings. The number of thioether (sulfide) groups is 1. The van der Waals surface area contributed by atoms with Crippen LogP contribution in [0.3, 0.4) is 0 Å². The van der Waals surface area contributed by atoms with Gasteiger partial charge in [0.1, 0.15) is 0 Å². The second-order valence-corrected chi connectivity index (χ2v) is 5.41. The van der Waals surface area contributed by atoms with Crippen LogP contribution in [0, 0.1) is 5.92 Å². The van der Waals surface area contributed by atoms with Gasteiger partial charge in [-0.3, -0.25) is 4.79 Å². The quantitative estimate of drug-likeness (QED) is 0.725. The highest BCUT2D eigenvalue weighted by Crippen LogP contribution is 2.19. The first-order valence-corrected chi connectivity index (χ1v) is 6.91. The van der Waals surface area contributed by atoms with E-state index in [1.165, 1.54) is 0 Å². The lowest BCUT2D eigenvalue weighted by molar-refractivity contribution is -0.127. The zero-order chi connectivity index (χ0) is 11.3. The van der Waals surface area contributed by atoms with Gasteiger partial charge in [-0.2, -0.15) is 11.8 Å². The normalized spacial score (nSPS) is 23.1. The lowest BCUT2D eigenvalue weighted by atomic mass is 10.0. The summed E-state index contributed by atoms with van der Waals surface area (Å²) in [6.45, 7) is 5.94. The lowest BCUT2D eigenvalue weighted by Crippen LogP contribution is -2.33. The zero-order valence-electron chi connectivity index (χ0n) is 9.74. The summed E-state index contributed by atoms with van der Waals surface area (Å²) in [5.74, 6) is 2.51. The average Bonchev–Trinajstić information content (AvgIpc) is 2.66. The summed E-state index contributed by atoms with van der Waals surface area (Å²) < 4.78 is 0. The van der Waals surface area contributed by atoms with Gasteiger partial charge in [0.05, 0.1) is 5.75 Å². The maximum absolute atomic E-state index is 11.8. The molecule has 0 bridgehead atoms. The number of likely N-dealkylation sites (tertiary alicyclic amines) is 1. The Hall–Kier alpha value is -0.220. The third-order valence-corrected chi connectivity index (χ3v) is 4.04. The largest absolute Gasteiger partial charge is 0.342 e. The second kappa shape index (κ2) is 6.38. The Balaban J connectivity index is 2.24. The van der Waals surface area contributed by atoms with Gasteiger partial charge in [0.2, 0.25) is 5.91 Å². The first kappa shape index (κ1) is 12.8. The minimum absolute atomic E-state index is 0.214. The molecule has 1 aliphatic heterocycles. The molecular formula is C11H22N2OS. The number of hydrogen-bond donors (Lipinski definition) is 1. The standard InChI is InChI=1S/C11H22N2OS/c1-3-6-15-8-11(14)13-5-4-10(7-13)9(2)12/h9-10H,3-8,12H2,1-2H3. The Morgan fingerprint density at radius 2 is 2.40 bits per heavy atom. The predicted molar refractivity (Wildman–Crippen MR) is 66.0 cm³/mol. The van der Waals surface area contributed by atoms with Crippen LogP contribution >= 0.6 is 11.8 Å². The van der Waals surface area contributed by atoms with E-state index in [0.29, 0.717) is 11.7 Å². The van der Waals surface area contributed by atoms with Gasteiger partial charge in [-0.1, -0.05) is 6.92 Å². The van der Waals surface area contributed by atoms with Crippen molar-refractivity contribution < 1.29 is 4.79 Å². The first-order valence-electron chi connectivity index (χ1n) is 5.76. The molecule has 4 heteroatoms. The van der Waals surface area contributed by atoms with E-state index in [9.17, 15) is 4.79 Å². The maximum Gasteiger partial charge on any atom is 0.232 e. The molecule has 0 aromatic carbocycles. The Kier molecular flexibility index (Phi) is 5.47. The molecule has 1 rings (SSSR count). The molecule has 2 N–H and O–H groups in total. The SMILES string of the molecule is CCCSCC(=O)N1CCC(C(C)N)C1. The predicted octanol–water partition coefficient (Wildman–Crippen LogP) is 1.33. The number of carbonyl (C=O) groups is 1. The fourth-order valence-corrected chi connectivity index (χ4v) is 2.63. The number of rotatable bonds is 5. The van der Waals surface area contributed by atoms with E-state index in [-0.39, 0.29) is 11.9 Å². The Labute approximate surface area is 96.8 Å². The van der Waals surface area contributed by atoms with E-state index in [1.54, 1.807) is 11.8 Å². The molecule has 1 fully saturated rings. The van der Waals surface area contributed by atoms with Crippen molar-refractivity contribution in [2.24, 2.45) is 11.7 Å². The average molecular weight is 230 g/mol. The highest BCUT2D eigenvalue weighted by molar-refractivity contribution is 7.99. The second-order valence-electron chi connectivity index (χ2n) is 4.30. The van der Waals surface area contributed by atoms with Crippen LogP contribution < -0.4 is 5.73 Å². The van der Waals surface area contributed by atoms with Gasteiger partial charge in [0.25, 0.3) is 0 Å². The Morgan fingerprint density at radius 1 is 1.67 bits per heavy atom. The van der Waals surface area contributed by atoms with Gasteiger partial charge in [-0.05, 0) is 31.4 Å². The molecule has 1 saturated heterocycles. The molecule has 3 nitrogen and oxygen atoms in total. The van der Waals surface area contributed by atoms with Crippen LogP contribution in [-0.2, 0) is 4.79 Å². The van der Waals surface area contributed by atoms with Crippen molar-refractivity contribution in [1.82, 2.24) is 4.90 Å². The van der Waals surface area contributed by atoms with Crippen molar-refractivity contribution in [3.63, 3.8) is 0 Å². The Bertz CT molecular complexity index is 209. The number of carbonyl (C=O) groups excluding carboxylic acids is 1. The fraction of sp³-hybridized carbons (Fsp3) is 0.909. The molecular weight excluding hydrogens is 208 g/mol. The van der Waals surface area contributed by atoms with Crippen LogP contribution in [0.2, 0.25) is 0 Å². The van der Waals surface area contributed by atoms with Gasteiger partial charge in [0.15, 0.2) is 0 Å². The molecule has 2 unspecified atom stereocenters. The molecule has 15 heavy (non-hydrogen) atoms. The van der Waals surface area contributed by atoms with Crippen LogP contribution in [0.4, 0.5) is 0 Å². The molecule has 0 aliphatic carbocycles. The summed E-state index contributed by atoms with van der Waals surface area (Å²) >= 11 is 1.74. The molecule has 1 amide bonds. The van der Waals surface area contributed by atoms with Crippen molar-refractivity contribution >= 4 is 17.7 Å².